The minimum absolute atomic E-state index is 0.145. The molecule has 5 rings (SSSR count). The third-order valence-electron chi connectivity index (χ3n) is 5.15. The fraction of sp³-hybridized carbons (Fsp3) is 0.190. The molecule has 28 heavy (non-hydrogen) atoms. The first-order valence-corrected chi connectivity index (χ1v) is 9.07. The lowest BCUT2D eigenvalue weighted by Crippen LogP contribution is -2.25. The van der Waals surface area contributed by atoms with Crippen molar-refractivity contribution in [3.63, 3.8) is 0 Å². The van der Waals surface area contributed by atoms with Gasteiger partial charge in [-0.15, -0.1) is 0 Å². The summed E-state index contributed by atoms with van der Waals surface area (Å²) >= 11 is 0. The lowest BCUT2D eigenvalue weighted by atomic mass is 10.1. The largest absolute Gasteiger partial charge is 0.361 e. The number of rotatable bonds is 3. The monoisotopic (exact) mass is 376 g/mol. The van der Waals surface area contributed by atoms with E-state index in [-0.39, 0.29) is 18.2 Å². The van der Waals surface area contributed by atoms with Crippen LogP contribution >= 0.6 is 0 Å². The van der Waals surface area contributed by atoms with Gasteiger partial charge in [-0.3, -0.25) is 4.79 Å². The molecule has 7 heteroatoms. The zero-order chi connectivity index (χ0) is 19.3. The highest BCUT2D eigenvalue weighted by Crippen LogP contribution is 2.34. The van der Waals surface area contributed by atoms with Crippen LogP contribution in [0.1, 0.15) is 23.7 Å². The van der Waals surface area contributed by atoms with Crippen LogP contribution in [0.25, 0.3) is 22.4 Å². The Kier molecular flexibility index (Phi) is 3.75. The summed E-state index contributed by atoms with van der Waals surface area (Å²) in [6.07, 6.45) is 2.08. The minimum atomic E-state index is -0.410. The van der Waals surface area contributed by atoms with Crippen LogP contribution in [0.2, 0.25) is 0 Å². The molecule has 1 saturated heterocycles. The maximum Gasteiger partial charge on any atom is 0.258 e. The Morgan fingerprint density at radius 3 is 3.04 bits per heavy atom. The number of aryl methyl sites for hydroxylation is 1. The Bertz CT molecular complexity index is 1200. The second-order valence-electron chi connectivity index (χ2n) is 7.06. The Morgan fingerprint density at radius 2 is 2.14 bits per heavy atom. The molecule has 1 atom stereocenters. The molecule has 140 valence electrons. The van der Waals surface area contributed by atoms with E-state index in [1.807, 2.05) is 37.4 Å². The molecule has 0 radical (unpaired) electrons. The Morgan fingerprint density at radius 1 is 1.25 bits per heavy atom. The number of fused-ring (bicyclic) bond motifs is 1. The quantitative estimate of drug-likeness (QED) is 0.582. The van der Waals surface area contributed by atoms with Crippen LogP contribution in [0.3, 0.4) is 0 Å². The molecule has 6 nitrogen and oxygen atoms in total. The van der Waals surface area contributed by atoms with E-state index in [1.165, 1.54) is 11.0 Å². The molecule has 3 heterocycles. The molecular weight excluding hydrogens is 359 g/mol. The molecule has 2 aromatic heterocycles. The van der Waals surface area contributed by atoms with Crippen molar-refractivity contribution in [1.82, 2.24) is 15.1 Å². The second kappa shape index (κ2) is 6.30. The van der Waals surface area contributed by atoms with E-state index in [0.717, 1.165) is 22.0 Å². The lowest BCUT2D eigenvalue weighted by molar-refractivity contribution is -0.117. The summed E-state index contributed by atoms with van der Waals surface area (Å²) in [7, 11) is 0. The van der Waals surface area contributed by atoms with E-state index in [0.29, 0.717) is 23.9 Å². The molecule has 1 N–H and O–H groups in total. The molecule has 1 aliphatic heterocycles. The van der Waals surface area contributed by atoms with Gasteiger partial charge in [-0.05, 0) is 42.8 Å². The predicted octanol–water partition coefficient (Wildman–Crippen LogP) is 4.19. The van der Waals surface area contributed by atoms with Gasteiger partial charge >= 0.3 is 0 Å². The highest BCUT2D eigenvalue weighted by molar-refractivity contribution is 5.96. The van der Waals surface area contributed by atoms with Gasteiger partial charge in [-0.2, -0.15) is 4.98 Å². The average molecular weight is 376 g/mol. The smallest absolute Gasteiger partial charge is 0.258 e. The third kappa shape index (κ3) is 2.67. The van der Waals surface area contributed by atoms with Gasteiger partial charge in [0, 0.05) is 41.5 Å². The van der Waals surface area contributed by atoms with Gasteiger partial charge in [0.15, 0.2) is 5.82 Å². The highest BCUT2D eigenvalue weighted by Gasteiger charge is 2.35. The number of aromatic amines is 1. The van der Waals surface area contributed by atoms with Crippen molar-refractivity contribution >= 4 is 22.5 Å². The maximum atomic E-state index is 14.2. The number of carbonyl (C=O) groups is 1. The first kappa shape index (κ1) is 16.7. The number of carbonyl (C=O) groups excluding carboxylic acids is 1. The van der Waals surface area contributed by atoms with Crippen LogP contribution in [0.15, 0.2) is 53.2 Å². The van der Waals surface area contributed by atoms with Crippen molar-refractivity contribution in [3.05, 3.63) is 65.9 Å². The normalized spacial score (nSPS) is 17.0. The fourth-order valence-electron chi connectivity index (χ4n) is 3.72. The SMILES string of the molecule is Cc1ccc(F)c(N2CC(c3noc(-c4cccc5[nH]ccc45)n3)CC2=O)c1. The molecule has 0 aliphatic carbocycles. The van der Waals surface area contributed by atoms with Crippen LogP contribution < -0.4 is 4.90 Å². The molecule has 4 aromatic rings. The zero-order valence-electron chi connectivity index (χ0n) is 15.1. The van der Waals surface area contributed by atoms with E-state index in [2.05, 4.69) is 15.1 Å². The number of H-pyrrole nitrogens is 1. The Labute approximate surface area is 160 Å². The standard InChI is InChI=1S/C21H17FN4O2/c1-12-5-6-16(22)18(9-12)26-11-13(10-19(26)27)20-24-21(28-25-20)15-3-2-4-17-14(15)7-8-23-17/h2-9,13,23H,10-11H2,1H3. The molecule has 0 spiro atoms. The third-order valence-corrected chi connectivity index (χ3v) is 5.15. The van der Waals surface area contributed by atoms with Crippen LogP contribution in [0, 0.1) is 12.7 Å². The molecule has 0 saturated carbocycles. The summed E-state index contributed by atoms with van der Waals surface area (Å²) in [4.78, 5) is 21.7. The van der Waals surface area contributed by atoms with Crippen molar-refractivity contribution in [2.45, 2.75) is 19.3 Å². The first-order valence-electron chi connectivity index (χ1n) is 9.07. The molecule has 1 fully saturated rings. The van der Waals surface area contributed by atoms with Crippen LogP contribution in [-0.2, 0) is 4.79 Å². The number of hydrogen-bond donors (Lipinski definition) is 1. The fourth-order valence-corrected chi connectivity index (χ4v) is 3.72. The second-order valence-corrected chi connectivity index (χ2v) is 7.06. The van der Waals surface area contributed by atoms with Crippen molar-refractivity contribution in [2.75, 3.05) is 11.4 Å². The number of hydrogen-bond acceptors (Lipinski definition) is 4. The van der Waals surface area contributed by atoms with Crippen LogP contribution in [0.4, 0.5) is 10.1 Å². The average Bonchev–Trinajstić information content (AvgIpc) is 3.42. The van der Waals surface area contributed by atoms with Gasteiger partial charge in [-0.1, -0.05) is 17.3 Å². The summed E-state index contributed by atoms with van der Waals surface area (Å²) in [6, 6.07) is 12.5. The predicted molar refractivity (Wildman–Crippen MR) is 102 cm³/mol. The topological polar surface area (TPSA) is 75.0 Å². The van der Waals surface area contributed by atoms with Gasteiger partial charge in [0.2, 0.25) is 5.91 Å². The number of benzene rings is 2. The number of halogens is 1. The number of amides is 1. The molecule has 1 unspecified atom stereocenters. The van der Waals surface area contributed by atoms with Crippen LogP contribution in [0.5, 0.6) is 0 Å². The van der Waals surface area contributed by atoms with Gasteiger partial charge < -0.3 is 14.4 Å². The van der Waals surface area contributed by atoms with E-state index < -0.39 is 5.82 Å². The van der Waals surface area contributed by atoms with Gasteiger partial charge in [0.25, 0.3) is 5.89 Å². The summed E-state index contributed by atoms with van der Waals surface area (Å²) in [5.41, 5.74) is 3.01. The van der Waals surface area contributed by atoms with Crippen molar-refractivity contribution < 1.29 is 13.7 Å². The summed E-state index contributed by atoms with van der Waals surface area (Å²) in [6.45, 7) is 2.20. The van der Waals surface area contributed by atoms with E-state index in [4.69, 9.17) is 4.52 Å². The molecule has 1 amide bonds. The summed E-state index contributed by atoms with van der Waals surface area (Å²) in [5, 5.41) is 5.09. The van der Waals surface area contributed by atoms with E-state index in [9.17, 15) is 9.18 Å². The van der Waals surface area contributed by atoms with Crippen LogP contribution in [-0.4, -0.2) is 27.6 Å². The lowest BCUT2D eigenvalue weighted by Gasteiger charge is -2.17. The van der Waals surface area contributed by atoms with Gasteiger partial charge in [-0.25, -0.2) is 4.39 Å². The molecule has 2 aromatic carbocycles. The number of nitrogens with one attached hydrogen (secondary N) is 1. The number of aromatic nitrogens is 3. The first-order chi connectivity index (χ1) is 13.6. The molecule has 0 bridgehead atoms. The van der Waals surface area contributed by atoms with Crippen molar-refractivity contribution in [2.24, 2.45) is 0 Å². The molecule has 1 aliphatic rings. The van der Waals surface area contributed by atoms with Gasteiger partial charge in [0.05, 0.1) is 5.69 Å². The summed E-state index contributed by atoms with van der Waals surface area (Å²) in [5.74, 6) is 0.0794. The Hall–Kier alpha value is -3.48. The Balaban J connectivity index is 1.45. The van der Waals surface area contributed by atoms with E-state index in [1.54, 1.807) is 12.1 Å². The summed E-state index contributed by atoms with van der Waals surface area (Å²) < 4.78 is 19.7. The molecular formula is C21H17FN4O2. The van der Waals surface area contributed by atoms with Crippen molar-refractivity contribution in [3.8, 4) is 11.5 Å². The van der Waals surface area contributed by atoms with Gasteiger partial charge in [0.1, 0.15) is 5.82 Å². The van der Waals surface area contributed by atoms with Crippen molar-refractivity contribution in [1.29, 1.82) is 0 Å². The number of anilines is 1. The maximum absolute atomic E-state index is 14.2. The minimum Gasteiger partial charge on any atom is -0.361 e. The zero-order valence-corrected chi connectivity index (χ0v) is 15.1. The van der Waals surface area contributed by atoms with E-state index >= 15 is 0 Å². The number of nitrogens with zero attached hydrogens (tertiary/aromatic N) is 3. The highest BCUT2D eigenvalue weighted by atomic mass is 19.1.